The van der Waals surface area contributed by atoms with Crippen molar-refractivity contribution in [3.63, 3.8) is 0 Å². The molecule has 1 nitrogen and oxygen atoms in total. The Balaban J connectivity index is 2.59. The Bertz CT molecular complexity index is 629. The van der Waals surface area contributed by atoms with E-state index in [1.807, 2.05) is 13.0 Å². The molecule has 4 heteroatoms. The number of rotatable bonds is 4. The second kappa shape index (κ2) is 6.31. The highest BCUT2D eigenvalue weighted by molar-refractivity contribution is 5.40. The zero-order valence-electron chi connectivity index (χ0n) is 12.3. The number of hydrogen-bond donors (Lipinski definition) is 1. The highest BCUT2D eigenvalue weighted by atomic mass is 19.1. The quantitative estimate of drug-likeness (QED) is 0.880. The maximum atomic E-state index is 14.3. The monoisotopic (exact) mass is 293 g/mol. The van der Waals surface area contributed by atoms with Gasteiger partial charge in [-0.15, -0.1) is 0 Å². The Hall–Kier alpha value is -1.81. The normalized spacial score (nSPS) is 12.5. The van der Waals surface area contributed by atoms with Crippen molar-refractivity contribution in [1.29, 1.82) is 0 Å². The van der Waals surface area contributed by atoms with E-state index < -0.39 is 17.7 Å². The molecular weight excluding hydrogens is 275 g/mol. The molecule has 1 atom stereocenters. The van der Waals surface area contributed by atoms with Crippen LogP contribution in [0, 0.1) is 31.3 Å². The van der Waals surface area contributed by atoms with E-state index in [4.69, 9.17) is 0 Å². The van der Waals surface area contributed by atoms with Gasteiger partial charge >= 0.3 is 0 Å². The molecule has 0 amide bonds. The van der Waals surface area contributed by atoms with Crippen LogP contribution in [0.5, 0.6) is 0 Å². The lowest BCUT2D eigenvalue weighted by molar-refractivity contribution is 0.519. The summed E-state index contributed by atoms with van der Waals surface area (Å²) in [6.45, 7) is 5.99. The lowest BCUT2D eigenvalue weighted by Crippen LogP contribution is -2.25. The Labute approximate surface area is 122 Å². The van der Waals surface area contributed by atoms with Gasteiger partial charge in [-0.3, -0.25) is 0 Å². The van der Waals surface area contributed by atoms with Gasteiger partial charge in [-0.1, -0.05) is 19.1 Å². The average molecular weight is 293 g/mol. The third-order valence-electron chi connectivity index (χ3n) is 3.45. The molecule has 0 aliphatic heterocycles. The Morgan fingerprint density at radius 2 is 1.71 bits per heavy atom. The topological polar surface area (TPSA) is 12.0 Å². The van der Waals surface area contributed by atoms with Crippen molar-refractivity contribution in [1.82, 2.24) is 5.32 Å². The summed E-state index contributed by atoms with van der Waals surface area (Å²) >= 11 is 0. The molecular formula is C17H18F3N. The van der Waals surface area contributed by atoms with Crippen molar-refractivity contribution in [2.24, 2.45) is 0 Å². The maximum Gasteiger partial charge on any atom is 0.131 e. The molecule has 2 aromatic carbocycles. The van der Waals surface area contributed by atoms with Crippen molar-refractivity contribution < 1.29 is 13.2 Å². The molecule has 112 valence electrons. The molecule has 0 fully saturated rings. The molecule has 0 saturated heterocycles. The SMILES string of the molecule is CCNC(c1ccc(F)cc1F)c1c(C)cc(C)cc1F. The van der Waals surface area contributed by atoms with Gasteiger partial charge in [-0.05, 0) is 43.7 Å². The van der Waals surface area contributed by atoms with Crippen LogP contribution in [-0.2, 0) is 0 Å². The third-order valence-corrected chi connectivity index (χ3v) is 3.45. The zero-order valence-corrected chi connectivity index (χ0v) is 12.3. The summed E-state index contributed by atoms with van der Waals surface area (Å²) in [5, 5.41) is 3.07. The molecule has 1 N–H and O–H groups in total. The van der Waals surface area contributed by atoms with E-state index in [2.05, 4.69) is 5.32 Å². The van der Waals surface area contributed by atoms with Crippen molar-refractivity contribution in [3.8, 4) is 0 Å². The van der Waals surface area contributed by atoms with Gasteiger partial charge in [0.25, 0.3) is 0 Å². The number of aryl methyl sites for hydroxylation is 2. The zero-order chi connectivity index (χ0) is 15.6. The first-order valence-corrected chi connectivity index (χ1v) is 6.89. The molecule has 1 unspecified atom stereocenters. The lowest BCUT2D eigenvalue weighted by Gasteiger charge is -2.22. The van der Waals surface area contributed by atoms with E-state index >= 15 is 0 Å². The van der Waals surface area contributed by atoms with Crippen LogP contribution < -0.4 is 5.32 Å². The number of nitrogens with one attached hydrogen (secondary N) is 1. The Morgan fingerprint density at radius 1 is 1.00 bits per heavy atom. The molecule has 0 bridgehead atoms. The summed E-state index contributed by atoms with van der Waals surface area (Å²) in [6.07, 6.45) is 0. The standard InChI is InChI=1S/C17H18F3N/c1-4-21-17(13-6-5-12(18)9-14(13)19)16-11(3)7-10(2)8-15(16)20/h5-9,17,21H,4H2,1-3H3. The maximum absolute atomic E-state index is 14.3. The summed E-state index contributed by atoms with van der Waals surface area (Å²) in [5.41, 5.74) is 2.18. The van der Waals surface area contributed by atoms with Gasteiger partial charge < -0.3 is 5.32 Å². The first-order valence-electron chi connectivity index (χ1n) is 6.89. The highest BCUT2D eigenvalue weighted by Crippen LogP contribution is 2.30. The fourth-order valence-corrected chi connectivity index (χ4v) is 2.60. The van der Waals surface area contributed by atoms with Crippen molar-refractivity contribution in [2.75, 3.05) is 6.54 Å². The molecule has 0 aliphatic carbocycles. The summed E-state index contributed by atoms with van der Waals surface area (Å²) in [5.74, 6) is -1.71. The van der Waals surface area contributed by atoms with Crippen molar-refractivity contribution in [3.05, 3.63) is 70.0 Å². The summed E-state index contributed by atoms with van der Waals surface area (Å²) in [6, 6.07) is 6.00. The molecule has 0 aromatic heterocycles. The minimum atomic E-state index is -0.680. The predicted molar refractivity (Wildman–Crippen MR) is 77.8 cm³/mol. The van der Waals surface area contributed by atoms with Gasteiger partial charge in [0, 0.05) is 17.2 Å². The van der Waals surface area contributed by atoms with Crippen LogP contribution in [0.3, 0.4) is 0 Å². The van der Waals surface area contributed by atoms with Crippen LogP contribution in [0.25, 0.3) is 0 Å². The van der Waals surface area contributed by atoms with Crippen LogP contribution >= 0.6 is 0 Å². The fourth-order valence-electron chi connectivity index (χ4n) is 2.60. The smallest absolute Gasteiger partial charge is 0.131 e. The van der Waals surface area contributed by atoms with Crippen LogP contribution in [0.4, 0.5) is 13.2 Å². The molecule has 2 rings (SSSR count). The predicted octanol–water partition coefficient (Wildman–Crippen LogP) is 4.42. The van der Waals surface area contributed by atoms with Gasteiger partial charge in [0.1, 0.15) is 17.5 Å². The molecule has 0 radical (unpaired) electrons. The fraction of sp³-hybridized carbons (Fsp3) is 0.294. The summed E-state index contributed by atoms with van der Waals surface area (Å²) in [7, 11) is 0. The molecule has 0 aliphatic rings. The van der Waals surface area contributed by atoms with Gasteiger partial charge in [0.15, 0.2) is 0 Å². The first-order chi connectivity index (χ1) is 9.93. The van der Waals surface area contributed by atoms with E-state index in [9.17, 15) is 13.2 Å². The average Bonchev–Trinajstić information content (AvgIpc) is 2.37. The van der Waals surface area contributed by atoms with Crippen molar-refractivity contribution >= 4 is 0 Å². The van der Waals surface area contributed by atoms with E-state index in [1.165, 1.54) is 18.2 Å². The second-order valence-electron chi connectivity index (χ2n) is 5.13. The van der Waals surface area contributed by atoms with E-state index in [0.29, 0.717) is 12.1 Å². The minimum absolute atomic E-state index is 0.240. The number of benzene rings is 2. The second-order valence-corrected chi connectivity index (χ2v) is 5.13. The lowest BCUT2D eigenvalue weighted by atomic mass is 9.92. The van der Waals surface area contributed by atoms with Gasteiger partial charge in [0.2, 0.25) is 0 Å². The molecule has 21 heavy (non-hydrogen) atoms. The Kier molecular flexibility index (Phi) is 4.68. The minimum Gasteiger partial charge on any atom is -0.306 e. The Morgan fingerprint density at radius 3 is 2.29 bits per heavy atom. The van der Waals surface area contributed by atoms with Crippen LogP contribution in [0.1, 0.15) is 35.2 Å². The highest BCUT2D eigenvalue weighted by Gasteiger charge is 2.22. The molecule has 2 aromatic rings. The number of hydrogen-bond acceptors (Lipinski definition) is 1. The van der Waals surface area contributed by atoms with E-state index in [0.717, 1.165) is 17.2 Å². The summed E-state index contributed by atoms with van der Waals surface area (Å²) in [4.78, 5) is 0. The molecule has 0 spiro atoms. The van der Waals surface area contributed by atoms with E-state index in [1.54, 1.807) is 13.8 Å². The van der Waals surface area contributed by atoms with E-state index in [-0.39, 0.29) is 11.4 Å². The van der Waals surface area contributed by atoms with Gasteiger partial charge in [0.05, 0.1) is 6.04 Å². The first kappa shape index (κ1) is 15.6. The van der Waals surface area contributed by atoms with Crippen molar-refractivity contribution in [2.45, 2.75) is 26.8 Å². The number of halogens is 3. The molecule has 0 saturated carbocycles. The van der Waals surface area contributed by atoms with Crippen LogP contribution in [0.2, 0.25) is 0 Å². The van der Waals surface area contributed by atoms with Gasteiger partial charge in [-0.2, -0.15) is 0 Å². The largest absolute Gasteiger partial charge is 0.306 e. The third kappa shape index (κ3) is 3.27. The van der Waals surface area contributed by atoms with Gasteiger partial charge in [-0.25, -0.2) is 13.2 Å². The summed E-state index contributed by atoms with van der Waals surface area (Å²) < 4.78 is 41.5. The molecule has 0 heterocycles. The van der Waals surface area contributed by atoms with Crippen LogP contribution in [-0.4, -0.2) is 6.54 Å². The van der Waals surface area contributed by atoms with Crippen LogP contribution in [0.15, 0.2) is 30.3 Å².